The molecule has 77 heavy (non-hydrogen) atoms. The summed E-state index contributed by atoms with van der Waals surface area (Å²) in [6.07, 6.45) is 10.3. The number of aliphatic carboxylic acids is 1. The highest BCUT2D eigenvalue weighted by molar-refractivity contribution is 7.81. The van der Waals surface area contributed by atoms with Crippen LogP contribution in [0.25, 0.3) is 21.8 Å². The van der Waals surface area contributed by atoms with E-state index in [4.69, 9.17) is 32.8 Å². The van der Waals surface area contributed by atoms with Crippen molar-refractivity contribution in [2.45, 2.75) is 129 Å². The lowest BCUT2D eigenvalue weighted by Crippen LogP contribution is -2.51. The lowest BCUT2D eigenvalue weighted by Gasteiger charge is -2.58. The van der Waals surface area contributed by atoms with E-state index in [0.717, 1.165) is 94.3 Å². The first kappa shape index (κ1) is 59.6. The first-order valence-corrected chi connectivity index (χ1v) is 27.0. The number of aliphatic imine (C=N–C) groups is 1. The minimum atomic E-state index is -1.02. The number of benzene rings is 4. The molecule has 0 saturated heterocycles. The maximum atomic E-state index is 12.1. The normalized spacial score (nSPS) is 24.4. The number of nitrogens with two attached hydrogens (primary N) is 4. The highest BCUT2D eigenvalue weighted by Crippen LogP contribution is 2.66. The van der Waals surface area contributed by atoms with Gasteiger partial charge in [0.15, 0.2) is 5.78 Å². The van der Waals surface area contributed by atoms with Crippen molar-refractivity contribution in [3.8, 4) is 0 Å². The lowest BCUT2D eigenvalue weighted by atomic mass is 9.47. The molecule has 412 valence electrons. The molecular formula is C60H79N9O7S. The minimum absolute atomic E-state index is 0.0249. The number of carbonyl (C=O) groups is 5. The van der Waals surface area contributed by atoms with Gasteiger partial charge in [-0.05, 0) is 169 Å². The van der Waals surface area contributed by atoms with Crippen LogP contribution in [0.15, 0.2) is 114 Å². The third kappa shape index (κ3) is 14.9. The number of nitrogens with one attached hydrogen (secondary N) is 3. The van der Waals surface area contributed by atoms with Crippen LogP contribution in [-0.2, 0) is 30.5 Å². The minimum Gasteiger partial charge on any atom is -0.480 e. The number of nitrogens with zero attached hydrogens (tertiary/aromatic N) is 2. The molecule has 2 heterocycles. The number of Topliss-reactive ketones (excluding diaryl/α,β-unsaturated/α-hetero) is 1. The molecule has 17 heteroatoms. The predicted octanol–water partition coefficient (Wildman–Crippen LogP) is 9.03. The highest BCUT2D eigenvalue weighted by Gasteiger charge is 2.59. The van der Waals surface area contributed by atoms with Gasteiger partial charge in [0.1, 0.15) is 11.8 Å². The van der Waals surface area contributed by atoms with E-state index < -0.39 is 22.9 Å². The number of amidine groups is 1. The summed E-state index contributed by atoms with van der Waals surface area (Å²) in [6.45, 7) is 14.6. The Morgan fingerprint density at radius 1 is 0.831 bits per heavy atom. The van der Waals surface area contributed by atoms with Gasteiger partial charge in [-0.15, -0.1) is 0 Å². The van der Waals surface area contributed by atoms with E-state index in [1.165, 1.54) is 31.3 Å². The summed E-state index contributed by atoms with van der Waals surface area (Å²) >= 11 is 3.98. The second-order valence-electron chi connectivity index (χ2n) is 22.2. The van der Waals surface area contributed by atoms with Gasteiger partial charge < -0.3 is 38.1 Å². The Balaban J connectivity index is 0.000000161. The number of hydrogen-bond acceptors (Lipinski definition) is 14. The second kappa shape index (κ2) is 25.7. The Morgan fingerprint density at radius 3 is 1.97 bits per heavy atom. The van der Waals surface area contributed by atoms with E-state index in [2.05, 4.69) is 58.7 Å². The summed E-state index contributed by atoms with van der Waals surface area (Å²) < 4.78 is 4.39. The van der Waals surface area contributed by atoms with Crippen LogP contribution >= 0.6 is 12.6 Å². The van der Waals surface area contributed by atoms with E-state index in [9.17, 15) is 24.0 Å². The number of carboxylic acid groups (broad SMARTS) is 1. The fraction of sp³-hybridized carbons (Fsp3) is 0.450. The summed E-state index contributed by atoms with van der Waals surface area (Å²) in [6, 6.07) is 29.5. The topological polar surface area (TPSA) is 280 Å². The van der Waals surface area contributed by atoms with Gasteiger partial charge in [0.2, 0.25) is 6.10 Å². The third-order valence-corrected chi connectivity index (χ3v) is 16.3. The number of hydrazine groups is 1. The molecule has 0 bridgehead atoms. The Kier molecular flexibility index (Phi) is 19.9. The van der Waals surface area contributed by atoms with Gasteiger partial charge in [0.05, 0.1) is 11.0 Å². The number of ketones is 2. The Morgan fingerprint density at radius 2 is 1.45 bits per heavy atom. The van der Waals surface area contributed by atoms with Gasteiger partial charge in [-0.3, -0.25) is 34.8 Å². The van der Waals surface area contributed by atoms with Crippen LogP contribution in [0.5, 0.6) is 0 Å². The van der Waals surface area contributed by atoms with E-state index >= 15 is 0 Å². The van der Waals surface area contributed by atoms with Crippen LogP contribution < -0.4 is 39.1 Å². The molecule has 1 unspecified atom stereocenters. The number of allylic oxidation sites excluding steroid dienone is 1. The monoisotopic (exact) mass is 1070 g/mol. The molecule has 2 amide bonds. The van der Waals surface area contributed by atoms with Crippen LogP contribution in [0.3, 0.4) is 0 Å². The molecule has 3 saturated carbocycles. The molecule has 5 aromatic rings. The van der Waals surface area contributed by atoms with Crippen LogP contribution in [0.4, 0.5) is 11.4 Å². The maximum Gasteiger partial charge on any atom is 0.321 e. The number of ether oxygens (including phenoxy) is 1. The van der Waals surface area contributed by atoms with Crippen molar-refractivity contribution in [3.05, 3.63) is 125 Å². The van der Waals surface area contributed by atoms with Crippen molar-refractivity contribution in [3.63, 3.8) is 0 Å². The van der Waals surface area contributed by atoms with Crippen LogP contribution in [0, 0.1) is 34.5 Å². The van der Waals surface area contributed by atoms with E-state index in [1.807, 2.05) is 106 Å². The first-order valence-electron chi connectivity index (χ1n) is 26.5. The third-order valence-electron chi connectivity index (χ3n) is 16.0. The van der Waals surface area contributed by atoms with E-state index in [0.29, 0.717) is 23.0 Å². The molecular weight excluding hydrogens is 991 g/mol. The number of aromatic nitrogens is 1. The molecule has 16 nitrogen and oxygen atoms in total. The summed E-state index contributed by atoms with van der Waals surface area (Å²) in [4.78, 5) is 65.0. The lowest BCUT2D eigenvalue weighted by molar-refractivity contribution is -0.139. The van der Waals surface area contributed by atoms with Crippen LogP contribution in [-0.4, -0.2) is 69.3 Å². The van der Waals surface area contributed by atoms with Crippen molar-refractivity contribution in [2.75, 3.05) is 18.5 Å². The maximum absolute atomic E-state index is 12.1. The summed E-state index contributed by atoms with van der Waals surface area (Å²) in [5, 5.41) is 13.4. The smallest absolute Gasteiger partial charge is 0.321 e. The van der Waals surface area contributed by atoms with Crippen molar-refractivity contribution in [1.82, 2.24) is 21.2 Å². The second-order valence-corrected chi connectivity index (χ2v) is 23.4. The van der Waals surface area contributed by atoms with Gasteiger partial charge in [-0.2, -0.15) is 17.6 Å². The molecule has 4 aliphatic carbocycles. The zero-order valence-corrected chi connectivity index (χ0v) is 46.7. The molecule has 12 N–H and O–H groups in total. The quantitative estimate of drug-likeness (QED) is 0.0288. The van der Waals surface area contributed by atoms with Gasteiger partial charge in [-0.25, -0.2) is 4.98 Å². The van der Waals surface area contributed by atoms with E-state index in [1.54, 1.807) is 32.9 Å². The highest BCUT2D eigenvalue weighted by atomic mass is 32.1. The molecule has 10 rings (SSSR count). The fourth-order valence-corrected chi connectivity index (χ4v) is 12.0. The molecule has 1 aliphatic heterocycles. The average Bonchev–Trinajstić information content (AvgIpc) is 4.02. The number of pyridine rings is 1. The van der Waals surface area contributed by atoms with Crippen LogP contribution in [0.2, 0.25) is 0 Å². The zero-order valence-electron chi connectivity index (χ0n) is 45.8. The largest absolute Gasteiger partial charge is 0.480 e. The first-order chi connectivity index (χ1) is 36.3. The molecule has 0 spiro atoms. The number of carboxylic acids is 1. The average molecular weight is 1070 g/mol. The molecule has 5 aliphatic rings. The van der Waals surface area contributed by atoms with Gasteiger partial charge in [-0.1, -0.05) is 74.0 Å². The molecule has 1 aromatic heterocycles. The number of rotatable bonds is 9. The Hall–Kier alpha value is -6.66. The summed E-state index contributed by atoms with van der Waals surface area (Å²) in [5.74, 6) is 1.90. The van der Waals surface area contributed by atoms with Crippen molar-refractivity contribution in [2.24, 2.45) is 51.0 Å². The van der Waals surface area contributed by atoms with Gasteiger partial charge in [0, 0.05) is 62.9 Å². The molecule has 8 atom stereocenters. The standard InChI is InChI=1S/C21H30O2.C13H11N3.C12H19N3O.C9H8N2O2.C5H11NO2S/c1-13(22)17-6-7-18-16-5-4-14-12-15(23)8-10-20(14,2)19(16)9-11-21(17,18)3;14-10-3-1-8-5-9-2-4-11(15)7-13(9)16-12(8)6-10;1-9(2)15-12(16)11-6-4-10(5-7-11)8-14-13-3;10-9-11-8(12)7(13-9)6-4-2-1-3-5-6;1-5(2,9)3(6)4(7)8/h12,16-19H,4-11H2,1-3H3;1-7H,14-15H2;4-7,9,13-14H,8H2,1-3H3,(H,15,16);1-5,7H,(H2,10,11,12);3,9H,6H2,1-2H3,(H,7,8)/t16-,17+,18-,19-,20-,21+;;;;3-/m0...0/s1. The molecule has 0 radical (unpaired) electrons. The number of carbonyl (C=O) groups excluding carboxylic acids is 4. The predicted molar refractivity (Wildman–Crippen MR) is 309 cm³/mol. The molecule has 4 aromatic carbocycles. The van der Waals surface area contributed by atoms with Gasteiger partial charge in [0.25, 0.3) is 17.8 Å². The van der Waals surface area contributed by atoms with Crippen molar-refractivity contribution in [1.29, 1.82) is 0 Å². The number of nitrogen functional groups attached to an aromatic ring is 2. The Bertz CT molecular complexity index is 2920. The van der Waals surface area contributed by atoms with Crippen molar-refractivity contribution < 1.29 is 33.8 Å². The number of hydrogen-bond donors (Lipinski definition) is 9. The fourth-order valence-electron chi connectivity index (χ4n) is 11.9. The van der Waals surface area contributed by atoms with Crippen molar-refractivity contribution >= 4 is 81.2 Å². The zero-order chi connectivity index (χ0) is 56.4. The van der Waals surface area contributed by atoms with Crippen LogP contribution in [0.1, 0.15) is 127 Å². The summed E-state index contributed by atoms with van der Waals surface area (Å²) in [7, 11) is 1.82. The SMILES string of the molecule is CC(=O)[C@H]1CC[C@H]2[C@@H]3CCC4=CC(=O)CC[C@]4(C)[C@H]3CC[C@]12C.CC(C)(S)[C@@H](N)C(=O)O.CNNCc1ccc(C(=O)NC(C)C)cc1.NC1=NC(=O)C(c2ccccc2)O1.Nc1ccc2cc3ccc(N)cc3nc2c1. The molecule has 3 fully saturated rings. The summed E-state index contributed by atoms with van der Waals surface area (Å²) in [5.41, 5.74) is 35.6. The van der Waals surface area contributed by atoms with Gasteiger partial charge >= 0.3 is 5.97 Å². The number of thiol groups is 1. The Labute approximate surface area is 458 Å². The number of anilines is 2. The van der Waals surface area contributed by atoms with E-state index in [-0.39, 0.29) is 34.7 Å². The number of amides is 2. The number of fused-ring (bicyclic) bond motifs is 7.